The smallest absolute Gasteiger partial charge is 0.200 e. The quantitative estimate of drug-likeness (QED) is 0.739. The van der Waals surface area contributed by atoms with E-state index < -0.39 is 0 Å². The first kappa shape index (κ1) is 14.1. The summed E-state index contributed by atoms with van der Waals surface area (Å²) in [4.78, 5) is 9.54. The zero-order valence-electron chi connectivity index (χ0n) is 12.9. The summed E-state index contributed by atoms with van der Waals surface area (Å²) in [6.07, 6.45) is 7.45. The summed E-state index contributed by atoms with van der Waals surface area (Å²) in [5.41, 5.74) is 4.63. The fraction of sp³-hybridized carbons (Fsp3) is 0.294. The number of aliphatic imine (C=N–C) groups is 1. The van der Waals surface area contributed by atoms with Crippen LogP contribution in [0.3, 0.4) is 0 Å². The molecule has 0 saturated heterocycles. The molecule has 3 rings (SSSR count). The minimum Gasteiger partial charge on any atom is -0.378 e. The molecule has 1 aliphatic heterocycles. The second-order valence-corrected chi connectivity index (χ2v) is 6.86. The molecule has 0 unspecified atom stereocenters. The van der Waals surface area contributed by atoms with E-state index in [4.69, 9.17) is 4.99 Å². The molecule has 0 atom stereocenters. The van der Waals surface area contributed by atoms with E-state index in [2.05, 4.69) is 74.1 Å². The molecular formula is C17H20N3S+. The predicted octanol–water partition coefficient (Wildman–Crippen LogP) is 3.49. The fourth-order valence-electron chi connectivity index (χ4n) is 2.35. The third-order valence-corrected chi connectivity index (χ3v) is 4.66. The van der Waals surface area contributed by atoms with Crippen LogP contribution in [0, 0.1) is 0 Å². The van der Waals surface area contributed by atoms with Gasteiger partial charge in [-0.05, 0) is 24.3 Å². The van der Waals surface area contributed by atoms with Crippen LogP contribution in [0.25, 0.3) is 0 Å². The van der Waals surface area contributed by atoms with Gasteiger partial charge in [0.1, 0.15) is 14.1 Å². The molecular weight excluding hydrogens is 278 g/mol. The second kappa shape index (κ2) is 5.53. The normalized spacial score (nSPS) is 16.5. The highest BCUT2D eigenvalue weighted by Gasteiger charge is 2.18. The Labute approximate surface area is 130 Å². The standard InChI is InChI=1S/C17H20N3S/c1-19(2)13-6-5-12-9-15(10-13)21-17-11-14(20(3)4)7-8-16(17)18-12/h5-8,10-11H,9H2,1-4H3/q+1. The van der Waals surface area contributed by atoms with E-state index in [0.717, 1.165) is 17.8 Å². The van der Waals surface area contributed by atoms with E-state index in [0.29, 0.717) is 0 Å². The summed E-state index contributed by atoms with van der Waals surface area (Å²) >= 11 is 1.83. The lowest BCUT2D eigenvalue weighted by Gasteiger charge is -2.14. The summed E-state index contributed by atoms with van der Waals surface area (Å²) in [5, 5.41) is 0. The van der Waals surface area contributed by atoms with E-state index in [9.17, 15) is 0 Å². The maximum Gasteiger partial charge on any atom is 0.200 e. The predicted molar refractivity (Wildman–Crippen MR) is 92.7 cm³/mol. The van der Waals surface area contributed by atoms with Crippen LogP contribution in [0.15, 0.2) is 51.2 Å². The summed E-state index contributed by atoms with van der Waals surface area (Å²) < 4.78 is 2.14. The van der Waals surface area contributed by atoms with Crippen LogP contribution in [0.4, 0.5) is 11.4 Å². The highest BCUT2D eigenvalue weighted by atomic mass is 32.2. The molecule has 4 heteroatoms. The van der Waals surface area contributed by atoms with Gasteiger partial charge in [0.2, 0.25) is 0 Å². The van der Waals surface area contributed by atoms with Crippen molar-refractivity contribution >= 4 is 34.6 Å². The Morgan fingerprint density at radius 2 is 2.00 bits per heavy atom. The Morgan fingerprint density at radius 1 is 1.19 bits per heavy atom. The molecule has 1 aromatic rings. The van der Waals surface area contributed by atoms with Gasteiger partial charge in [-0.15, -0.1) is 0 Å². The second-order valence-electron chi connectivity index (χ2n) is 5.69. The molecule has 0 saturated carbocycles. The molecule has 3 nitrogen and oxygen atoms in total. The van der Waals surface area contributed by atoms with Crippen molar-refractivity contribution in [3.05, 3.63) is 41.3 Å². The first-order chi connectivity index (χ1) is 10.0. The highest BCUT2D eigenvalue weighted by Crippen LogP contribution is 2.41. The van der Waals surface area contributed by atoms with Crippen molar-refractivity contribution in [3.8, 4) is 0 Å². The lowest BCUT2D eigenvalue weighted by molar-refractivity contribution is -0.462. The van der Waals surface area contributed by atoms with E-state index in [1.54, 1.807) is 0 Å². The maximum absolute atomic E-state index is 4.83. The van der Waals surface area contributed by atoms with Gasteiger partial charge in [0.05, 0.1) is 5.69 Å². The van der Waals surface area contributed by atoms with Gasteiger partial charge < -0.3 is 4.90 Å². The van der Waals surface area contributed by atoms with Gasteiger partial charge in [-0.1, -0.05) is 11.8 Å². The van der Waals surface area contributed by atoms with Crippen molar-refractivity contribution in [1.82, 2.24) is 0 Å². The van der Waals surface area contributed by atoms with Gasteiger partial charge in [0, 0.05) is 53.9 Å². The van der Waals surface area contributed by atoms with Crippen molar-refractivity contribution in [1.29, 1.82) is 0 Å². The Balaban J connectivity index is 2.11. The number of nitrogens with zero attached hydrogens (tertiary/aromatic N) is 3. The van der Waals surface area contributed by atoms with Crippen LogP contribution < -0.4 is 4.90 Å². The van der Waals surface area contributed by atoms with Crippen LogP contribution in [0.1, 0.15) is 6.42 Å². The van der Waals surface area contributed by atoms with Gasteiger partial charge in [0.15, 0.2) is 5.71 Å². The van der Waals surface area contributed by atoms with E-state index in [1.165, 1.54) is 21.2 Å². The van der Waals surface area contributed by atoms with Gasteiger partial charge in [-0.3, -0.25) is 4.99 Å². The van der Waals surface area contributed by atoms with Gasteiger partial charge in [0.25, 0.3) is 0 Å². The molecule has 0 aromatic heterocycles. The Bertz CT molecular complexity index is 705. The zero-order chi connectivity index (χ0) is 15.0. The van der Waals surface area contributed by atoms with Gasteiger partial charge in [-0.2, -0.15) is 0 Å². The van der Waals surface area contributed by atoms with Crippen molar-refractivity contribution in [2.45, 2.75) is 11.3 Å². The van der Waals surface area contributed by atoms with Crippen LogP contribution in [-0.2, 0) is 0 Å². The number of thioether (sulfide) groups is 1. The molecule has 0 spiro atoms. The Morgan fingerprint density at radius 3 is 2.71 bits per heavy atom. The molecule has 21 heavy (non-hydrogen) atoms. The summed E-state index contributed by atoms with van der Waals surface area (Å²) in [6, 6.07) is 6.47. The van der Waals surface area contributed by atoms with Crippen molar-refractivity contribution in [2.75, 3.05) is 33.1 Å². The van der Waals surface area contributed by atoms with E-state index in [-0.39, 0.29) is 0 Å². The fourth-order valence-corrected chi connectivity index (χ4v) is 3.43. The largest absolute Gasteiger partial charge is 0.378 e. The van der Waals surface area contributed by atoms with E-state index >= 15 is 0 Å². The first-order valence-corrected chi connectivity index (χ1v) is 7.84. The summed E-state index contributed by atoms with van der Waals surface area (Å²) in [7, 11) is 8.28. The van der Waals surface area contributed by atoms with Crippen molar-refractivity contribution in [2.24, 2.45) is 4.99 Å². The van der Waals surface area contributed by atoms with Crippen molar-refractivity contribution < 1.29 is 4.58 Å². The zero-order valence-corrected chi connectivity index (χ0v) is 13.7. The molecule has 1 heterocycles. The third-order valence-electron chi connectivity index (χ3n) is 3.59. The molecule has 2 aliphatic rings. The number of hydrogen-bond donors (Lipinski definition) is 0. The van der Waals surface area contributed by atoms with Crippen LogP contribution in [-0.4, -0.2) is 44.2 Å². The van der Waals surface area contributed by atoms with Gasteiger partial charge in [-0.25, -0.2) is 4.58 Å². The van der Waals surface area contributed by atoms with E-state index in [1.807, 2.05) is 11.8 Å². The number of allylic oxidation sites excluding steroid dienone is 4. The first-order valence-electron chi connectivity index (χ1n) is 7.02. The Kier molecular flexibility index (Phi) is 3.72. The van der Waals surface area contributed by atoms with Crippen molar-refractivity contribution in [3.63, 3.8) is 0 Å². The minimum absolute atomic E-state index is 0.907. The Hall–Kier alpha value is -1.81. The summed E-state index contributed by atoms with van der Waals surface area (Å²) in [5.74, 6) is 0. The molecule has 108 valence electrons. The molecule has 0 fully saturated rings. The minimum atomic E-state index is 0.907. The lowest BCUT2D eigenvalue weighted by atomic mass is 10.2. The molecule has 2 bridgehead atoms. The van der Waals surface area contributed by atoms with Crippen LogP contribution in [0.2, 0.25) is 0 Å². The maximum atomic E-state index is 4.83. The molecule has 1 aromatic carbocycles. The average Bonchev–Trinajstić information content (AvgIpc) is 2.73. The number of benzene rings is 1. The average molecular weight is 298 g/mol. The summed E-state index contributed by atoms with van der Waals surface area (Å²) in [6.45, 7) is 0. The molecule has 1 aliphatic carbocycles. The number of hydrogen-bond acceptors (Lipinski definition) is 3. The molecule has 0 amide bonds. The molecule has 0 radical (unpaired) electrons. The van der Waals surface area contributed by atoms with Crippen LogP contribution >= 0.6 is 11.8 Å². The number of rotatable bonds is 1. The number of anilines is 1. The SMILES string of the molecule is CN(C)c1ccc2c(c1)SC1=CC(=[N+](C)C)C=CC(=N2)C1. The third kappa shape index (κ3) is 2.95. The lowest BCUT2D eigenvalue weighted by Crippen LogP contribution is -2.08. The highest BCUT2D eigenvalue weighted by molar-refractivity contribution is 8.03. The van der Waals surface area contributed by atoms with Gasteiger partial charge >= 0.3 is 0 Å². The number of fused-ring (bicyclic) bond motifs is 3. The van der Waals surface area contributed by atoms with Crippen LogP contribution in [0.5, 0.6) is 0 Å². The monoisotopic (exact) mass is 298 g/mol. The molecule has 0 N–H and O–H groups in total. The topological polar surface area (TPSA) is 18.6 Å².